The Morgan fingerprint density at radius 2 is 2.18 bits per heavy atom. The molecule has 1 heterocycles. The fourth-order valence-corrected chi connectivity index (χ4v) is 1.56. The zero-order valence-electron chi connectivity index (χ0n) is 10.6. The Bertz CT molecular complexity index is 333. The first-order valence-corrected chi connectivity index (χ1v) is 6.13. The van der Waals surface area contributed by atoms with Crippen LogP contribution in [0, 0.1) is 0 Å². The first-order chi connectivity index (χ1) is 8.27. The van der Waals surface area contributed by atoms with E-state index in [1.807, 2.05) is 0 Å². The van der Waals surface area contributed by atoms with Gasteiger partial charge in [-0.15, -0.1) is 0 Å². The predicted octanol–water partition coefficient (Wildman–Crippen LogP) is 2.74. The maximum Gasteiger partial charge on any atom is 0.286 e. The lowest BCUT2D eigenvalue weighted by atomic mass is 10.2. The van der Waals surface area contributed by atoms with Gasteiger partial charge in [-0.2, -0.15) is 0 Å². The zero-order chi connectivity index (χ0) is 12.5. The number of ether oxygens (including phenoxy) is 1. The van der Waals surface area contributed by atoms with E-state index in [4.69, 9.17) is 9.15 Å². The first-order valence-electron chi connectivity index (χ1n) is 6.13. The van der Waals surface area contributed by atoms with Gasteiger partial charge in [0, 0.05) is 13.7 Å². The minimum Gasteiger partial charge on any atom is -0.453 e. The highest BCUT2D eigenvalue weighted by Gasteiger charge is 2.09. The van der Waals surface area contributed by atoms with Crippen molar-refractivity contribution < 1.29 is 13.9 Å². The second kappa shape index (κ2) is 7.90. The first kappa shape index (κ1) is 13.8. The van der Waals surface area contributed by atoms with Gasteiger partial charge in [-0.05, 0) is 18.6 Å². The van der Waals surface area contributed by atoms with Crippen molar-refractivity contribution in [1.29, 1.82) is 0 Å². The average Bonchev–Trinajstić information content (AvgIpc) is 2.78. The molecule has 1 N–H and O–H groups in total. The van der Waals surface area contributed by atoms with Crippen molar-refractivity contribution in [1.82, 2.24) is 5.32 Å². The molecule has 0 unspecified atom stereocenters. The molecule has 0 bridgehead atoms. The molecular weight excluding hydrogens is 218 g/mol. The van der Waals surface area contributed by atoms with Crippen molar-refractivity contribution in [2.75, 3.05) is 13.7 Å². The largest absolute Gasteiger partial charge is 0.453 e. The van der Waals surface area contributed by atoms with Crippen LogP contribution >= 0.6 is 0 Å². The lowest BCUT2D eigenvalue weighted by Crippen LogP contribution is -2.23. The molecule has 0 aliphatic carbocycles. The number of unbranched alkanes of at least 4 members (excludes halogenated alkanes) is 3. The Labute approximate surface area is 102 Å². The number of amides is 1. The van der Waals surface area contributed by atoms with Gasteiger partial charge in [0.2, 0.25) is 0 Å². The van der Waals surface area contributed by atoms with Crippen LogP contribution in [0.1, 0.15) is 48.9 Å². The summed E-state index contributed by atoms with van der Waals surface area (Å²) in [5.74, 6) is 0.875. The molecule has 0 fully saturated rings. The lowest BCUT2D eigenvalue weighted by molar-refractivity contribution is 0.0916. The van der Waals surface area contributed by atoms with Gasteiger partial charge < -0.3 is 14.5 Å². The minimum atomic E-state index is -0.149. The fraction of sp³-hybridized carbons (Fsp3) is 0.615. The average molecular weight is 239 g/mol. The predicted molar refractivity (Wildman–Crippen MR) is 65.9 cm³/mol. The molecule has 0 saturated carbocycles. The van der Waals surface area contributed by atoms with E-state index in [0.717, 1.165) is 12.8 Å². The molecule has 1 amide bonds. The summed E-state index contributed by atoms with van der Waals surface area (Å²) in [6.07, 6.45) is 4.59. The minimum absolute atomic E-state index is 0.149. The molecule has 17 heavy (non-hydrogen) atoms. The zero-order valence-corrected chi connectivity index (χ0v) is 10.6. The molecule has 0 radical (unpaired) electrons. The smallest absolute Gasteiger partial charge is 0.286 e. The van der Waals surface area contributed by atoms with Crippen molar-refractivity contribution in [3.05, 3.63) is 23.7 Å². The van der Waals surface area contributed by atoms with Crippen molar-refractivity contribution in [3.63, 3.8) is 0 Å². The summed E-state index contributed by atoms with van der Waals surface area (Å²) in [6.45, 7) is 3.27. The van der Waals surface area contributed by atoms with Crippen LogP contribution in [0.4, 0.5) is 0 Å². The highest BCUT2D eigenvalue weighted by atomic mass is 16.5. The molecule has 4 nitrogen and oxygen atoms in total. The van der Waals surface area contributed by atoms with E-state index in [9.17, 15) is 4.79 Å². The standard InChI is InChI=1S/C13H21NO3/c1-3-4-5-6-9-14-13(15)12-8-7-11(17-12)10-16-2/h7-8H,3-6,9-10H2,1-2H3,(H,14,15). The Morgan fingerprint density at radius 3 is 2.88 bits per heavy atom. The molecule has 0 aliphatic heterocycles. The summed E-state index contributed by atoms with van der Waals surface area (Å²) in [7, 11) is 1.59. The number of carbonyl (C=O) groups excluding carboxylic acids is 1. The molecule has 1 rings (SSSR count). The summed E-state index contributed by atoms with van der Waals surface area (Å²) >= 11 is 0. The summed E-state index contributed by atoms with van der Waals surface area (Å²) in [6, 6.07) is 3.44. The number of hydrogen-bond donors (Lipinski definition) is 1. The monoisotopic (exact) mass is 239 g/mol. The van der Waals surface area contributed by atoms with Crippen LogP contribution in [0.2, 0.25) is 0 Å². The van der Waals surface area contributed by atoms with Crippen LogP contribution in [0.3, 0.4) is 0 Å². The Balaban J connectivity index is 2.26. The van der Waals surface area contributed by atoms with Crippen LogP contribution in [0.15, 0.2) is 16.5 Å². The van der Waals surface area contributed by atoms with Crippen LogP contribution < -0.4 is 5.32 Å². The topological polar surface area (TPSA) is 51.5 Å². The summed E-state index contributed by atoms with van der Waals surface area (Å²) in [4.78, 5) is 11.6. The maximum absolute atomic E-state index is 11.6. The molecule has 0 saturated heterocycles. The SMILES string of the molecule is CCCCCCNC(=O)c1ccc(COC)o1. The number of carbonyl (C=O) groups is 1. The normalized spacial score (nSPS) is 10.5. The fourth-order valence-electron chi connectivity index (χ4n) is 1.56. The summed E-state index contributed by atoms with van der Waals surface area (Å²) in [5, 5.41) is 2.84. The number of rotatable bonds is 8. The van der Waals surface area contributed by atoms with Crippen molar-refractivity contribution in [3.8, 4) is 0 Å². The van der Waals surface area contributed by atoms with E-state index < -0.39 is 0 Å². The van der Waals surface area contributed by atoms with E-state index in [1.165, 1.54) is 12.8 Å². The van der Waals surface area contributed by atoms with Crippen LogP contribution in [-0.2, 0) is 11.3 Å². The molecular formula is C13H21NO3. The second-order valence-electron chi connectivity index (χ2n) is 4.02. The third-order valence-electron chi connectivity index (χ3n) is 2.49. The van der Waals surface area contributed by atoms with Gasteiger partial charge in [0.05, 0.1) is 0 Å². The highest BCUT2D eigenvalue weighted by Crippen LogP contribution is 2.08. The second-order valence-corrected chi connectivity index (χ2v) is 4.02. The Hall–Kier alpha value is -1.29. The summed E-state index contributed by atoms with van der Waals surface area (Å²) < 4.78 is 10.2. The number of furan rings is 1. The third-order valence-corrected chi connectivity index (χ3v) is 2.49. The van der Waals surface area contributed by atoms with Crippen LogP contribution in [0.25, 0.3) is 0 Å². The van der Waals surface area contributed by atoms with E-state index >= 15 is 0 Å². The van der Waals surface area contributed by atoms with Gasteiger partial charge in [0.25, 0.3) is 5.91 Å². The Kier molecular flexibility index (Phi) is 6.40. The molecule has 1 aromatic rings. The van der Waals surface area contributed by atoms with Gasteiger partial charge in [0.15, 0.2) is 5.76 Å². The molecule has 0 aromatic carbocycles. The van der Waals surface area contributed by atoms with E-state index in [2.05, 4.69) is 12.2 Å². The molecule has 96 valence electrons. The third kappa shape index (κ3) is 5.04. The molecule has 1 aromatic heterocycles. The van der Waals surface area contributed by atoms with Crippen LogP contribution in [-0.4, -0.2) is 19.6 Å². The van der Waals surface area contributed by atoms with Gasteiger partial charge in [0.1, 0.15) is 12.4 Å². The summed E-state index contributed by atoms with van der Waals surface area (Å²) in [5.41, 5.74) is 0. The number of hydrogen-bond acceptors (Lipinski definition) is 3. The highest BCUT2D eigenvalue weighted by molar-refractivity contribution is 5.91. The number of methoxy groups -OCH3 is 1. The van der Waals surface area contributed by atoms with E-state index in [-0.39, 0.29) is 5.91 Å². The van der Waals surface area contributed by atoms with Crippen LogP contribution in [0.5, 0.6) is 0 Å². The van der Waals surface area contributed by atoms with Gasteiger partial charge in [-0.1, -0.05) is 26.2 Å². The maximum atomic E-state index is 11.6. The quantitative estimate of drug-likeness (QED) is 0.710. The van der Waals surface area contributed by atoms with Crippen molar-refractivity contribution in [2.45, 2.75) is 39.2 Å². The van der Waals surface area contributed by atoms with E-state index in [1.54, 1.807) is 19.2 Å². The molecule has 4 heteroatoms. The molecule has 0 aliphatic rings. The van der Waals surface area contributed by atoms with E-state index in [0.29, 0.717) is 24.7 Å². The van der Waals surface area contributed by atoms with Crippen molar-refractivity contribution in [2.24, 2.45) is 0 Å². The number of nitrogens with one attached hydrogen (secondary N) is 1. The molecule has 0 atom stereocenters. The van der Waals surface area contributed by atoms with Gasteiger partial charge in [-0.3, -0.25) is 4.79 Å². The van der Waals surface area contributed by atoms with Crippen molar-refractivity contribution >= 4 is 5.91 Å². The van der Waals surface area contributed by atoms with Gasteiger partial charge >= 0.3 is 0 Å². The molecule has 0 spiro atoms. The van der Waals surface area contributed by atoms with Gasteiger partial charge in [-0.25, -0.2) is 0 Å². The Morgan fingerprint density at radius 1 is 1.35 bits per heavy atom. The lowest BCUT2D eigenvalue weighted by Gasteiger charge is -2.02.